The zero-order chi connectivity index (χ0) is 11.7. The Morgan fingerprint density at radius 2 is 2.25 bits per heavy atom. The molecule has 0 aliphatic heterocycles. The summed E-state index contributed by atoms with van der Waals surface area (Å²) < 4.78 is 5.05. The maximum absolute atomic E-state index is 11.8. The molecule has 0 atom stereocenters. The Morgan fingerprint density at radius 1 is 1.50 bits per heavy atom. The molecule has 0 aromatic heterocycles. The minimum atomic E-state index is -0.235. The fraction of sp³-hybridized carbons (Fsp3) is 0.308. The number of esters is 1. The Hall–Kier alpha value is -1.28. The van der Waals surface area contributed by atoms with Crippen molar-refractivity contribution in [1.29, 1.82) is 0 Å². The zero-order valence-electron chi connectivity index (χ0n) is 9.34. The van der Waals surface area contributed by atoms with Crippen LogP contribution in [0.2, 0.25) is 5.02 Å². The molecule has 0 fully saturated rings. The van der Waals surface area contributed by atoms with Gasteiger partial charge in [0.25, 0.3) is 0 Å². The molecule has 0 heterocycles. The lowest BCUT2D eigenvalue weighted by atomic mass is 10.1. The second-order valence-electron chi connectivity index (χ2n) is 3.85. The maximum Gasteiger partial charge on any atom is 0.338 e. The first-order valence-corrected chi connectivity index (χ1v) is 5.67. The van der Waals surface area contributed by atoms with E-state index in [4.69, 9.17) is 16.3 Å². The summed E-state index contributed by atoms with van der Waals surface area (Å²) in [4.78, 5) is 11.8. The van der Waals surface area contributed by atoms with E-state index in [2.05, 4.69) is 0 Å². The van der Waals surface area contributed by atoms with Crippen molar-refractivity contribution in [2.45, 2.75) is 20.3 Å². The average molecular weight is 237 g/mol. The number of rotatable bonds is 2. The highest BCUT2D eigenvalue weighted by Crippen LogP contribution is 2.34. The number of allylic oxidation sites excluding steroid dienone is 1. The van der Waals surface area contributed by atoms with E-state index in [1.165, 1.54) is 0 Å². The monoisotopic (exact) mass is 236 g/mol. The van der Waals surface area contributed by atoms with E-state index < -0.39 is 0 Å². The van der Waals surface area contributed by atoms with E-state index in [0.29, 0.717) is 17.2 Å². The summed E-state index contributed by atoms with van der Waals surface area (Å²) in [5, 5.41) is 0.705. The van der Waals surface area contributed by atoms with E-state index in [-0.39, 0.29) is 5.97 Å². The molecule has 16 heavy (non-hydrogen) atoms. The number of ether oxygens (including phenoxy) is 1. The van der Waals surface area contributed by atoms with Gasteiger partial charge in [0.1, 0.15) is 0 Å². The number of hydrogen-bond donors (Lipinski definition) is 0. The average Bonchev–Trinajstić information content (AvgIpc) is 2.53. The minimum absolute atomic E-state index is 0.235. The first kappa shape index (κ1) is 11.2. The Bertz CT molecular complexity index is 475. The molecule has 1 aromatic rings. The van der Waals surface area contributed by atoms with Crippen molar-refractivity contribution in [2.75, 3.05) is 6.61 Å². The molecule has 1 aromatic carbocycles. The van der Waals surface area contributed by atoms with Crippen molar-refractivity contribution in [3.05, 3.63) is 39.9 Å². The van der Waals surface area contributed by atoms with Crippen LogP contribution in [0, 0.1) is 0 Å². The van der Waals surface area contributed by atoms with Crippen molar-refractivity contribution in [3.8, 4) is 0 Å². The summed E-state index contributed by atoms with van der Waals surface area (Å²) >= 11 is 5.92. The fourth-order valence-corrected chi connectivity index (χ4v) is 2.24. The van der Waals surface area contributed by atoms with Gasteiger partial charge in [-0.25, -0.2) is 4.79 Å². The molecule has 0 saturated carbocycles. The van der Waals surface area contributed by atoms with Crippen LogP contribution in [0.3, 0.4) is 0 Å². The van der Waals surface area contributed by atoms with Gasteiger partial charge in [-0.1, -0.05) is 23.2 Å². The summed E-state index contributed by atoms with van der Waals surface area (Å²) in [5.41, 5.74) is 3.82. The van der Waals surface area contributed by atoms with E-state index in [1.54, 1.807) is 6.07 Å². The van der Waals surface area contributed by atoms with Crippen LogP contribution >= 0.6 is 11.6 Å². The van der Waals surface area contributed by atoms with Gasteiger partial charge in [-0.15, -0.1) is 0 Å². The molecular weight excluding hydrogens is 224 g/mol. The van der Waals surface area contributed by atoms with Gasteiger partial charge < -0.3 is 4.74 Å². The first-order chi connectivity index (χ1) is 7.63. The van der Waals surface area contributed by atoms with Gasteiger partial charge in [0.05, 0.1) is 12.2 Å². The van der Waals surface area contributed by atoms with Crippen LogP contribution in [-0.2, 0) is 16.0 Å². The number of benzene rings is 1. The second kappa shape index (κ2) is 4.30. The van der Waals surface area contributed by atoms with Gasteiger partial charge in [0.15, 0.2) is 0 Å². The second-order valence-corrected chi connectivity index (χ2v) is 4.29. The van der Waals surface area contributed by atoms with Gasteiger partial charge in [0, 0.05) is 5.02 Å². The third kappa shape index (κ3) is 1.85. The molecule has 2 nitrogen and oxygen atoms in total. The van der Waals surface area contributed by atoms with Gasteiger partial charge in [-0.05, 0) is 43.5 Å². The summed E-state index contributed by atoms with van der Waals surface area (Å²) in [7, 11) is 0. The highest BCUT2D eigenvalue weighted by molar-refractivity contribution is 6.31. The standard InChI is InChI=1S/C13H13ClO2/c1-3-16-13(15)12-8(2)6-9-7-10(14)4-5-11(9)12/h4-5,7H,3,6H2,1-2H3. The van der Waals surface area contributed by atoms with Crippen LogP contribution in [-0.4, -0.2) is 12.6 Å². The predicted octanol–water partition coefficient (Wildman–Crippen LogP) is 3.23. The smallest absolute Gasteiger partial charge is 0.338 e. The van der Waals surface area contributed by atoms with E-state index >= 15 is 0 Å². The van der Waals surface area contributed by atoms with Gasteiger partial charge in [0.2, 0.25) is 0 Å². The molecule has 3 heteroatoms. The van der Waals surface area contributed by atoms with Crippen LogP contribution in [0.5, 0.6) is 0 Å². The highest BCUT2D eigenvalue weighted by atomic mass is 35.5. The van der Waals surface area contributed by atoms with E-state index in [1.807, 2.05) is 26.0 Å². The Labute approximate surface area is 99.9 Å². The molecular formula is C13H13ClO2. The van der Waals surface area contributed by atoms with Gasteiger partial charge >= 0.3 is 5.97 Å². The topological polar surface area (TPSA) is 26.3 Å². The largest absolute Gasteiger partial charge is 0.462 e. The molecule has 2 rings (SSSR count). The Morgan fingerprint density at radius 3 is 2.94 bits per heavy atom. The molecule has 0 N–H and O–H groups in total. The summed E-state index contributed by atoms with van der Waals surface area (Å²) in [6.07, 6.45) is 0.782. The van der Waals surface area contributed by atoms with Crippen LogP contribution < -0.4 is 0 Å². The lowest BCUT2D eigenvalue weighted by molar-refractivity contribution is -0.136. The first-order valence-electron chi connectivity index (χ1n) is 5.29. The number of halogens is 1. The van der Waals surface area contributed by atoms with E-state index in [9.17, 15) is 4.79 Å². The summed E-state index contributed by atoms with van der Waals surface area (Å²) in [6.45, 7) is 4.17. The third-order valence-electron chi connectivity index (χ3n) is 2.70. The van der Waals surface area contributed by atoms with E-state index in [0.717, 1.165) is 23.1 Å². The lowest BCUT2D eigenvalue weighted by Gasteiger charge is -2.06. The van der Waals surface area contributed by atoms with Crippen LogP contribution in [0.1, 0.15) is 25.0 Å². The zero-order valence-corrected chi connectivity index (χ0v) is 10.1. The van der Waals surface area contributed by atoms with Crippen LogP contribution in [0.15, 0.2) is 23.8 Å². The molecule has 0 saturated heterocycles. The minimum Gasteiger partial charge on any atom is -0.462 e. The SMILES string of the molecule is CCOC(=O)C1=C(C)Cc2cc(Cl)ccc21. The fourth-order valence-electron chi connectivity index (χ4n) is 2.04. The number of carbonyl (C=O) groups is 1. The number of hydrogen-bond acceptors (Lipinski definition) is 2. The summed E-state index contributed by atoms with van der Waals surface area (Å²) in [6, 6.07) is 5.60. The third-order valence-corrected chi connectivity index (χ3v) is 2.93. The quantitative estimate of drug-likeness (QED) is 0.737. The molecule has 84 valence electrons. The van der Waals surface area contributed by atoms with Crippen molar-refractivity contribution < 1.29 is 9.53 Å². The van der Waals surface area contributed by atoms with Crippen molar-refractivity contribution in [2.24, 2.45) is 0 Å². The van der Waals surface area contributed by atoms with Crippen molar-refractivity contribution in [1.82, 2.24) is 0 Å². The van der Waals surface area contributed by atoms with Crippen LogP contribution in [0.4, 0.5) is 0 Å². The lowest BCUT2D eigenvalue weighted by Crippen LogP contribution is -2.06. The highest BCUT2D eigenvalue weighted by Gasteiger charge is 2.25. The van der Waals surface area contributed by atoms with Gasteiger partial charge in [-0.3, -0.25) is 0 Å². The number of carbonyl (C=O) groups excluding carboxylic acids is 1. The molecule has 0 bridgehead atoms. The predicted molar refractivity (Wildman–Crippen MR) is 64.4 cm³/mol. The molecule has 0 radical (unpaired) electrons. The Kier molecular flexibility index (Phi) is 3.01. The molecule has 0 unspecified atom stereocenters. The molecule has 0 spiro atoms. The Balaban J connectivity index is 2.41. The molecule has 1 aliphatic rings. The maximum atomic E-state index is 11.8. The number of fused-ring (bicyclic) bond motifs is 1. The van der Waals surface area contributed by atoms with Crippen molar-refractivity contribution >= 4 is 23.1 Å². The normalized spacial score (nSPS) is 13.9. The molecule has 0 amide bonds. The van der Waals surface area contributed by atoms with Crippen molar-refractivity contribution in [3.63, 3.8) is 0 Å². The summed E-state index contributed by atoms with van der Waals surface area (Å²) in [5.74, 6) is -0.235. The van der Waals surface area contributed by atoms with Crippen LogP contribution in [0.25, 0.3) is 5.57 Å². The van der Waals surface area contributed by atoms with Gasteiger partial charge in [-0.2, -0.15) is 0 Å². The molecule has 1 aliphatic carbocycles.